The Bertz CT molecular complexity index is 1580. The molecule has 2 aliphatic rings. The van der Waals surface area contributed by atoms with E-state index in [0.29, 0.717) is 29.8 Å². The minimum Gasteiger partial charge on any atom is -0.425 e. The van der Waals surface area contributed by atoms with Crippen molar-refractivity contribution in [3.8, 4) is 0 Å². The number of aromatic nitrogens is 4. The Labute approximate surface area is 246 Å². The highest BCUT2D eigenvalue weighted by Gasteiger charge is 2.57. The summed E-state index contributed by atoms with van der Waals surface area (Å²) in [4.78, 5) is 6.59. The van der Waals surface area contributed by atoms with Crippen LogP contribution in [-0.2, 0) is 28.9 Å². The Hall–Kier alpha value is -3.05. The number of sulfonamides is 1. The van der Waals surface area contributed by atoms with Crippen LogP contribution in [0.3, 0.4) is 0 Å². The normalized spacial score (nSPS) is 21.9. The highest BCUT2D eigenvalue weighted by molar-refractivity contribution is 7.89. The molecular formula is C30H35ClN6O3S. The number of aryl methyl sites for hydroxylation is 1. The highest BCUT2D eigenvalue weighted by atomic mass is 35.5. The number of imidazole rings is 1. The molecule has 2 fully saturated rings. The molecule has 0 radical (unpaired) electrons. The van der Waals surface area contributed by atoms with Gasteiger partial charge in [-0.1, -0.05) is 54.1 Å². The molecule has 2 aromatic heterocycles. The first-order valence-electron chi connectivity index (χ1n) is 14.0. The molecule has 0 N–H and O–H groups in total. The van der Waals surface area contributed by atoms with E-state index >= 15 is 0 Å². The van der Waals surface area contributed by atoms with Gasteiger partial charge in [-0.15, -0.1) is 10.2 Å². The maximum Gasteiger partial charge on any atom is 0.261 e. The monoisotopic (exact) mass is 594 g/mol. The standard InChI is InChI=1S/C30H35ClN6O3S/c1-35-19-28(32-21-35)41(38,39)36(2)20-30(24-8-10-26(31)11-9-24)17-25(30)18-37-14-12-23(13-15-37)29-34-33-27(40-29)16-22-6-4-3-5-7-22/h3-11,19,21,23,25H,12-18,20H2,1-2H3/t25-,30+/m0/s1. The summed E-state index contributed by atoms with van der Waals surface area (Å²) in [5, 5.41) is 9.41. The number of benzene rings is 2. The smallest absolute Gasteiger partial charge is 0.261 e. The van der Waals surface area contributed by atoms with Gasteiger partial charge in [-0.25, -0.2) is 13.4 Å². The fourth-order valence-corrected chi connectivity index (χ4v) is 7.48. The average Bonchev–Trinajstić information content (AvgIpc) is 3.27. The van der Waals surface area contributed by atoms with E-state index in [2.05, 4.69) is 32.2 Å². The van der Waals surface area contributed by atoms with Crippen LogP contribution in [0.15, 0.2) is 76.6 Å². The highest BCUT2D eigenvalue weighted by Crippen LogP contribution is 2.55. The van der Waals surface area contributed by atoms with Crippen LogP contribution >= 0.6 is 11.6 Å². The lowest BCUT2D eigenvalue weighted by Gasteiger charge is -2.32. The fraction of sp³-hybridized carbons (Fsp3) is 0.433. The van der Waals surface area contributed by atoms with Gasteiger partial charge >= 0.3 is 0 Å². The maximum absolute atomic E-state index is 13.3. The van der Waals surface area contributed by atoms with E-state index in [9.17, 15) is 8.42 Å². The van der Waals surface area contributed by atoms with Gasteiger partial charge in [0, 0.05) is 49.7 Å². The molecule has 0 amide bonds. The Balaban J connectivity index is 1.10. The second kappa shape index (κ2) is 11.3. The molecule has 2 aromatic carbocycles. The summed E-state index contributed by atoms with van der Waals surface area (Å²) in [6, 6.07) is 18.0. The Morgan fingerprint density at radius 3 is 2.49 bits per heavy atom. The van der Waals surface area contributed by atoms with Crippen LogP contribution < -0.4 is 0 Å². The minimum atomic E-state index is -3.70. The molecule has 216 valence electrons. The molecule has 41 heavy (non-hydrogen) atoms. The minimum absolute atomic E-state index is 0.0704. The number of halogens is 1. The molecule has 2 atom stereocenters. The molecule has 1 saturated carbocycles. The summed E-state index contributed by atoms with van der Waals surface area (Å²) < 4.78 is 35.8. The van der Waals surface area contributed by atoms with E-state index in [0.717, 1.165) is 55.9 Å². The second-order valence-electron chi connectivity index (χ2n) is 11.5. The summed E-state index contributed by atoms with van der Waals surface area (Å²) in [7, 11) is -0.283. The van der Waals surface area contributed by atoms with Crippen LogP contribution in [0.4, 0.5) is 0 Å². The number of nitrogens with zero attached hydrogens (tertiary/aromatic N) is 6. The molecule has 1 saturated heterocycles. The third-order valence-corrected chi connectivity index (χ3v) is 10.5. The Kier molecular flexibility index (Phi) is 7.76. The van der Waals surface area contributed by atoms with Crippen LogP contribution in [0.25, 0.3) is 0 Å². The van der Waals surface area contributed by atoms with Crippen LogP contribution in [0.2, 0.25) is 5.02 Å². The first kappa shape index (κ1) is 28.1. The van der Waals surface area contributed by atoms with E-state index in [4.69, 9.17) is 16.0 Å². The number of hydrogen-bond donors (Lipinski definition) is 0. The number of piperidine rings is 1. The summed E-state index contributed by atoms with van der Waals surface area (Å²) in [5.41, 5.74) is 2.02. The summed E-state index contributed by atoms with van der Waals surface area (Å²) in [6.45, 7) is 3.18. The number of rotatable bonds is 10. The zero-order valence-corrected chi connectivity index (χ0v) is 24.9. The van der Waals surface area contributed by atoms with Gasteiger partial charge in [0.05, 0.1) is 12.7 Å². The lowest BCUT2D eigenvalue weighted by atomic mass is 9.92. The van der Waals surface area contributed by atoms with Crippen molar-refractivity contribution in [2.24, 2.45) is 13.0 Å². The van der Waals surface area contributed by atoms with Crippen molar-refractivity contribution in [1.82, 2.24) is 29.0 Å². The van der Waals surface area contributed by atoms with Gasteiger partial charge in [-0.05, 0) is 61.5 Å². The number of likely N-dealkylation sites (N-methyl/N-ethyl adjacent to an activating group) is 1. The zero-order valence-electron chi connectivity index (χ0n) is 23.4. The molecule has 0 spiro atoms. The van der Waals surface area contributed by atoms with Gasteiger partial charge in [0.15, 0.2) is 5.03 Å². The van der Waals surface area contributed by atoms with Crippen molar-refractivity contribution >= 4 is 21.6 Å². The fourth-order valence-electron chi connectivity index (χ4n) is 6.15. The van der Waals surface area contributed by atoms with E-state index in [-0.39, 0.29) is 16.4 Å². The molecule has 0 bridgehead atoms. The molecule has 0 unspecified atom stereocenters. The largest absolute Gasteiger partial charge is 0.425 e. The second-order valence-corrected chi connectivity index (χ2v) is 13.9. The Morgan fingerprint density at radius 2 is 1.80 bits per heavy atom. The van der Waals surface area contributed by atoms with Gasteiger partial charge < -0.3 is 13.9 Å². The molecule has 11 heteroatoms. The first-order chi connectivity index (χ1) is 19.7. The van der Waals surface area contributed by atoms with Gasteiger partial charge in [-0.2, -0.15) is 4.31 Å². The summed E-state index contributed by atoms with van der Waals surface area (Å²) in [5.74, 6) is 1.99. The van der Waals surface area contributed by atoms with Crippen LogP contribution in [0.1, 0.15) is 48.1 Å². The van der Waals surface area contributed by atoms with Crippen LogP contribution in [-0.4, -0.2) is 70.6 Å². The molecule has 6 rings (SSSR count). The summed E-state index contributed by atoms with van der Waals surface area (Å²) >= 11 is 6.20. The SMILES string of the molecule is CN(C[C@@]1(c2ccc(Cl)cc2)C[C@H]1CN1CCC(c2nnc(Cc3ccccc3)o2)CC1)S(=O)(=O)c1cn(C)cn1. The van der Waals surface area contributed by atoms with Crippen molar-refractivity contribution in [3.63, 3.8) is 0 Å². The van der Waals surface area contributed by atoms with Crippen molar-refractivity contribution < 1.29 is 12.8 Å². The third kappa shape index (κ3) is 5.97. The van der Waals surface area contributed by atoms with Gasteiger partial charge in [0.25, 0.3) is 10.0 Å². The van der Waals surface area contributed by atoms with Gasteiger partial charge in [0.2, 0.25) is 11.8 Å². The number of likely N-dealkylation sites (tertiary alicyclic amines) is 1. The molecule has 1 aliphatic heterocycles. The van der Waals surface area contributed by atoms with Gasteiger partial charge in [-0.3, -0.25) is 0 Å². The van der Waals surface area contributed by atoms with Crippen molar-refractivity contribution in [2.45, 2.75) is 42.0 Å². The molecule has 4 aromatic rings. The molecule has 1 aliphatic carbocycles. The Morgan fingerprint density at radius 1 is 1.07 bits per heavy atom. The quantitative estimate of drug-likeness (QED) is 0.266. The van der Waals surface area contributed by atoms with E-state index in [1.807, 2.05) is 42.5 Å². The predicted molar refractivity (Wildman–Crippen MR) is 156 cm³/mol. The summed E-state index contributed by atoms with van der Waals surface area (Å²) in [6.07, 6.45) is 6.54. The van der Waals surface area contributed by atoms with E-state index < -0.39 is 10.0 Å². The van der Waals surface area contributed by atoms with Gasteiger partial charge in [0.1, 0.15) is 0 Å². The third-order valence-electron chi connectivity index (χ3n) is 8.61. The van der Waals surface area contributed by atoms with Crippen molar-refractivity contribution in [2.75, 3.05) is 33.2 Å². The van der Waals surface area contributed by atoms with Crippen LogP contribution in [0, 0.1) is 5.92 Å². The molecular weight excluding hydrogens is 560 g/mol. The van der Waals surface area contributed by atoms with E-state index in [1.54, 1.807) is 24.9 Å². The molecule has 3 heterocycles. The maximum atomic E-state index is 13.3. The lowest BCUT2D eigenvalue weighted by molar-refractivity contribution is 0.186. The first-order valence-corrected chi connectivity index (χ1v) is 15.8. The lowest BCUT2D eigenvalue weighted by Crippen LogP contribution is -2.39. The molecule has 9 nitrogen and oxygen atoms in total. The van der Waals surface area contributed by atoms with Crippen molar-refractivity contribution in [1.29, 1.82) is 0 Å². The topological polar surface area (TPSA) is 97.4 Å². The average molecular weight is 595 g/mol. The predicted octanol–water partition coefficient (Wildman–Crippen LogP) is 4.51. The number of hydrogen-bond acceptors (Lipinski definition) is 7. The van der Waals surface area contributed by atoms with Crippen LogP contribution in [0.5, 0.6) is 0 Å². The van der Waals surface area contributed by atoms with E-state index in [1.165, 1.54) is 10.6 Å². The van der Waals surface area contributed by atoms with Crippen molar-refractivity contribution in [3.05, 3.63) is 95.1 Å². The zero-order chi connectivity index (χ0) is 28.6.